The maximum absolute atomic E-state index is 10.7. The second-order valence-electron chi connectivity index (χ2n) is 7.66. The third-order valence-corrected chi connectivity index (χ3v) is 5.90. The van der Waals surface area contributed by atoms with Gasteiger partial charge < -0.3 is 14.6 Å². The van der Waals surface area contributed by atoms with Crippen LogP contribution in [0.5, 0.6) is 5.75 Å². The molecular formula is C21H31F3N2O4S. The Morgan fingerprint density at radius 1 is 1.19 bits per heavy atom. The summed E-state index contributed by atoms with van der Waals surface area (Å²) in [5, 5.41) is 1.35. The number of nitrogens with one attached hydrogen (secondary N) is 1. The van der Waals surface area contributed by atoms with E-state index in [1.165, 1.54) is 61.8 Å². The van der Waals surface area contributed by atoms with Crippen LogP contribution in [0.3, 0.4) is 0 Å². The zero-order valence-corrected chi connectivity index (χ0v) is 18.7. The van der Waals surface area contributed by atoms with E-state index in [9.17, 15) is 13.2 Å². The number of hydrogen-bond acceptors (Lipinski definition) is 4. The highest BCUT2D eigenvalue weighted by molar-refractivity contribution is 7.86. The molecule has 1 aliphatic heterocycles. The Morgan fingerprint density at radius 3 is 2.39 bits per heavy atom. The van der Waals surface area contributed by atoms with Crippen LogP contribution in [0, 0.1) is 0 Å². The normalized spacial score (nSPS) is 16.2. The van der Waals surface area contributed by atoms with Gasteiger partial charge in [0, 0.05) is 11.6 Å². The lowest BCUT2D eigenvalue weighted by Crippen LogP contribution is -2.33. The summed E-state index contributed by atoms with van der Waals surface area (Å²) < 4.78 is 63.4. The van der Waals surface area contributed by atoms with E-state index < -0.39 is 15.6 Å². The highest BCUT2D eigenvalue weighted by Crippen LogP contribution is 2.36. The molecule has 0 aliphatic carbocycles. The lowest BCUT2D eigenvalue weighted by atomic mass is 9.89. The fourth-order valence-electron chi connectivity index (χ4n) is 3.67. The van der Waals surface area contributed by atoms with Gasteiger partial charge in [0.1, 0.15) is 5.75 Å². The Kier molecular flexibility index (Phi) is 9.20. The molecule has 10 heteroatoms. The molecule has 0 unspecified atom stereocenters. The number of hydrogen-bond donors (Lipinski definition) is 2. The van der Waals surface area contributed by atoms with Crippen molar-refractivity contribution in [2.45, 2.75) is 57.4 Å². The van der Waals surface area contributed by atoms with Crippen molar-refractivity contribution in [3.8, 4) is 5.75 Å². The minimum Gasteiger partial charge on any atom is -0.491 e. The molecule has 0 saturated carbocycles. The summed E-state index contributed by atoms with van der Waals surface area (Å²) in [6, 6.07) is 6.44. The van der Waals surface area contributed by atoms with Gasteiger partial charge in [0.05, 0.1) is 12.1 Å². The van der Waals surface area contributed by atoms with Crippen molar-refractivity contribution in [1.82, 2.24) is 9.88 Å². The third-order valence-electron chi connectivity index (χ3n) is 5.32. The lowest BCUT2D eigenvalue weighted by molar-refractivity contribution is -0.0510. The number of nitrogens with zero attached hydrogens (tertiary/aromatic N) is 1. The highest BCUT2D eigenvalue weighted by Gasteiger charge is 2.44. The Balaban J connectivity index is 0.000000366. The number of unbranched alkanes of at least 4 members (excludes halogenated alkanes) is 1. The number of para-hydroxylation sites is 1. The number of alkyl halides is 3. The topological polar surface area (TPSA) is 82.6 Å². The summed E-state index contributed by atoms with van der Waals surface area (Å²) in [6.07, 6.45) is 8.43. The zero-order chi connectivity index (χ0) is 23.1. The predicted molar refractivity (Wildman–Crippen MR) is 115 cm³/mol. The molecule has 0 bridgehead atoms. The van der Waals surface area contributed by atoms with Gasteiger partial charge in [0.25, 0.3) is 0 Å². The molecule has 31 heavy (non-hydrogen) atoms. The van der Waals surface area contributed by atoms with Gasteiger partial charge in [-0.15, -0.1) is 0 Å². The molecule has 1 aromatic carbocycles. The monoisotopic (exact) mass is 464 g/mol. The van der Waals surface area contributed by atoms with Crippen LogP contribution < -0.4 is 4.74 Å². The van der Waals surface area contributed by atoms with Crippen LogP contribution in [0.15, 0.2) is 24.4 Å². The van der Waals surface area contributed by atoms with E-state index in [1.807, 2.05) is 0 Å². The van der Waals surface area contributed by atoms with Crippen molar-refractivity contribution in [2.75, 3.05) is 26.2 Å². The van der Waals surface area contributed by atoms with Crippen LogP contribution in [0.4, 0.5) is 13.2 Å². The molecule has 0 spiro atoms. The number of ether oxygens (including phenoxy) is 1. The quantitative estimate of drug-likeness (QED) is 0.428. The second kappa shape index (κ2) is 11.2. The number of aromatic amines is 1. The smallest absolute Gasteiger partial charge is 0.491 e. The predicted octanol–water partition coefficient (Wildman–Crippen LogP) is 5.33. The van der Waals surface area contributed by atoms with Crippen LogP contribution in [0.2, 0.25) is 0 Å². The minimum absolute atomic E-state index is 0.683. The molecule has 0 radical (unpaired) electrons. The molecule has 2 heterocycles. The van der Waals surface area contributed by atoms with E-state index in [-0.39, 0.29) is 0 Å². The Bertz CT molecular complexity index is 920. The SMILES string of the molecule is CCCCN1CCC(c2c[nH]c3c(OCCC)cccc23)CC1.O=S(=O)(O)C(F)(F)F. The molecule has 6 nitrogen and oxygen atoms in total. The number of aromatic nitrogens is 1. The molecular weight excluding hydrogens is 433 g/mol. The molecule has 1 saturated heterocycles. The summed E-state index contributed by atoms with van der Waals surface area (Å²) in [4.78, 5) is 6.10. The van der Waals surface area contributed by atoms with E-state index in [4.69, 9.17) is 17.7 Å². The van der Waals surface area contributed by atoms with Gasteiger partial charge in [-0.3, -0.25) is 4.55 Å². The van der Waals surface area contributed by atoms with Crippen LogP contribution in [-0.4, -0.2) is 54.6 Å². The first-order valence-corrected chi connectivity index (χ1v) is 12.0. The molecule has 1 aromatic heterocycles. The average molecular weight is 465 g/mol. The number of rotatable bonds is 7. The number of piperidine rings is 1. The third kappa shape index (κ3) is 7.11. The summed E-state index contributed by atoms with van der Waals surface area (Å²) in [6.45, 7) is 8.95. The maximum Gasteiger partial charge on any atom is 0.522 e. The minimum atomic E-state index is -5.84. The van der Waals surface area contributed by atoms with Gasteiger partial charge in [0.15, 0.2) is 0 Å². The molecule has 2 N–H and O–H groups in total. The first-order chi connectivity index (χ1) is 14.6. The van der Waals surface area contributed by atoms with Crippen molar-refractivity contribution < 1.29 is 30.9 Å². The molecule has 1 aliphatic rings. The Labute approximate surface area is 181 Å². The largest absolute Gasteiger partial charge is 0.522 e. The van der Waals surface area contributed by atoms with Gasteiger partial charge in [-0.05, 0) is 62.9 Å². The van der Waals surface area contributed by atoms with Crippen LogP contribution in [0.1, 0.15) is 57.4 Å². The number of likely N-dealkylation sites (tertiary alicyclic amines) is 1. The van der Waals surface area contributed by atoms with Crippen LogP contribution in [-0.2, 0) is 10.1 Å². The highest BCUT2D eigenvalue weighted by atomic mass is 32.2. The van der Waals surface area contributed by atoms with Gasteiger partial charge >= 0.3 is 15.6 Å². The van der Waals surface area contributed by atoms with E-state index in [0.717, 1.165) is 18.8 Å². The molecule has 2 aromatic rings. The summed E-state index contributed by atoms with van der Waals surface area (Å²) in [7, 11) is -5.84. The molecule has 0 atom stereocenters. The lowest BCUT2D eigenvalue weighted by Gasteiger charge is -2.31. The fraction of sp³-hybridized carbons (Fsp3) is 0.619. The summed E-state index contributed by atoms with van der Waals surface area (Å²) >= 11 is 0. The second-order valence-corrected chi connectivity index (χ2v) is 9.07. The maximum atomic E-state index is 10.7. The van der Waals surface area contributed by atoms with Gasteiger partial charge in [-0.25, -0.2) is 0 Å². The van der Waals surface area contributed by atoms with E-state index in [1.54, 1.807) is 0 Å². The van der Waals surface area contributed by atoms with Crippen molar-refractivity contribution >= 4 is 21.0 Å². The van der Waals surface area contributed by atoms with Crippen LogP contribution >= 0.6 is 0 Å². The molecule has 176 valence electrons. The molecule has 1 fully saturated rings. The van der Waals surface area contributed by atoms with Crippen LogP contribution in [0.25, 0.3) is 10.9 Å². The van der Waals surface area contributed by atoms with Crippen molar-refractivity contribution in [2.24, 2.45) is 0 Å². The first-order valence-electron chi connectivity index (χ1n) is 10.6. The van der Waals surface area contributed by atoms with Gasteiger partial charge in [-0.2, -0.15) is 21.6 Å². The number of halogens is 3. The van der Waals surface area contributed by atoms with E-state index >= 15 is 0 Å². The van der Waals surface area contributed by atoms with Crippen molar-refractivity contribution in [3.05, 3.63) is 30.0 Å². The average Bonchev–Trinajstić information content (AvgIpc) is 3.15. The van der Waals surface area contributed by atoms with E-state index in [0.29, 0.717) is 5.92 Å². The Hall–Kier alpha value is -1.78. The van der Waals surface area contributed by atoms with Crippen molar-refractivity contribution in [1.29, 1.82) is 0 Å². The first kappa shape index (κ1) is 25.5. The van der Waals surface area contributed by atoms with Gasteiger partial charge in [-0.1, -0.05) is 32.4 Å². The molecule has 0 amide bonds. The number of benzene rings is 1. The van der Waals surface area contributed by atoms with Gasteiger partial charge in [0.2, 0.25) is 0 Å². The van der Waals surface area contributed by atoms with Crippen molar-refractivity contribution in [3.63, 3.8) is 0 Å². The number of H-pyrrole nitrogens is 1. The fourth-order valence-corrected chi connectivity index (χ4v) is 3.67. The Morgan fingerprint density at radius 2 is 1.84 bits per heavy atom. The number of fused-ring (bicyclic) bond motifs is 1. The summed E-state index contributed by atoms with van der Waals surface area (Å²) in [5.74, 6) is 1.68. The zero-order valence-electron chi connectivity index (χ0n) is 17.9. The standard InChI is InChI=1S/C20H30N2O.CHF3O3S/c1-3-5-11-22-12-9-16(10-13-22)18-15-21-20-17(18)7-6-8-19(20)23-14-4-2;2-1(3,4)8(5,6)7/h6-8,15-16,21H,3-5,9-14H2,1-2H3;(H,5,6,7). The molecule has 3 rings (SSSR count). The van der Waals surface area contributed by atoms with E-state index in [2.05, 4.69) is 48.1 Å². The summed E-state index contributed by atoms with van der Waals surface area (Å²) in [5.41, 5.74) is -2.88.